The van der Waals surface area contributed by atoms with E-state index in [9.17, 15) is 13.2 Å². The Kier molecular flexibility index (Phi) is 2.87. The quantitative estimate of drug-likeness (QED) is 0.748. The number of pyridine rings is 1. The van der Waals surface area contributed by atoms with E-state index >= 15 is 0 Å². The van der Waals surface area contributed by atoms with E-state index in [2.05, 4.69) is 10.1 Å². The Hall–Kier alpha value is -1.12. The first-order valence-corrected chi connectivity index (χ1v) is 5.28. The Morgan fingerprint density at radius 2 is 2.00 bits per heavy atom. The van der Waals surface area contributed by atoms with Crippen LogP contribution in [0.25, 0.3) is 5.69 Å². The molecule has 0 radical (unpaired) electrons. The predicted octanol–water partition coefficient (Wildman–Crippen LogP) is 2.89. The molecule has 0 spiro atoms. The van der Waals surface area contributed by atoms with Crippen LogP contribution in [0.15, 0.2) is 30.7 Å². The number of nitrogens with zero attached hydrogens (tertiary/aromatic N) is 3. The molecule has 0 aromatic carbocycles. The van der Waals surface area contributed by atoms with E-state index in [1.807, 2.05) is 22.6 Å². The van der Waals surface area contributed by atoms with Crippen LogP contribution in [0, 0.1) is 3.70 Å². The molecular formula is C9H5F3IN3. The topological polar surface area (TPSA) is 30.7 Å². The van der Waals surface area contributed by atoms with Gasteiger partial charge in [-0.15, -0.1) is 0 Å². The van der Waals surface area contributed by atoms with Crippen molar-refractivity contribution in [2.45, 2.75) is 6.18 Å². The number of hydrogen-bond donors (Lipinski definition) is 0. The molecule has 16 heavy (non-hydrogen) atoms. The van der Waals surface area contributed by atoms with Gasteiger partial charge in [-0.2, -0.15) is 18.3 Å². The molecule has 0 aliphatic heterocycles. The molecule has 2 aromatic rings. The maximum atomic E-state index is 12.4. The fourth-order valence-corrected chi connectivity index (χ4v) is 1.55. The van der Waals surface area contributed by atoms with Gasteiger partial charge in [0.25, 0.3) is 0 Å². The minimum Gasteiger partial charge on any atom is -0.262 e. The van der Waals surface area contributed by atoms with Crippen molar-refractivity contribution in [2.24, 2.45) is 0 Å². The predicted molar refractivity (Wildman–Crippen MR) is 59.1 cm³/mol. The lowest BCUT2D eigenvalue weighted by atomic mass is 10.2. The fraction of sp³-hybridized carbons (Fsp3) is 0.111. The lowest BCUT2D eigenvalue weighted by Gasteiger charge is -2.07. The third kappa shape index (κ3) is 2.34. The third-order valence-electron chi connectivity index (χ3n) is 1.87. The Morgan fingerprint density at radius 3 is 2.56 bits per heavy atom. The summed E-state index contributed by atoms with van der Waals surface area (Å²) in [6.45, 7) is 0. The monoisotopic (exact) mass is 339 g/mol. The Bertz CT molecular complexity index is 507. The van der Waals surface area contributed by atoms with Crippen molar-refractivity contribution in [1.82, 2.24) is 14.8 Å². The van der Waals surface area contributed by atoms with E-state index in [4.69, 9.17) is 0 Å². The highest BCUT2D eigenvalue weighted by molar-refractivity contribution is 14.1. The van der Waals surface area contributed by atoms with Gasteiger partial charge < -0.3 is 0 Å². The molecule has 0 unspecified atom stereocenters. The molecule has 2 heterocycles. The van der Waals surface area contributed by atoms with Gasteiger partial charge in [-0.1, -0.05) is 0 Å². The first-order chi connectivity index (χ1) is 7.47. The maximum absolute atomic E-state index is 12.4. The molecule has 0 saturated carbocycles. The van der Waals surface area contributed by atoms with Gasteiger partial charge in [0, 0.05) is 12.4 Å². The Morgan fingerprint density at radius 1 is 1.25 bits per heavy atom. The smallest absolute Gasteiger partial charge is 0.262 e. The van der Waals surface area contributed by atoms with Gasteiger partial charge in [-0.3, -0.25) is 4.98 Å². The summed E-state index contributed by atoms with van der Waals surface area (Å²) in [6, 6.07) is 2.71. The first kappa shape index (κ1) is 11.4. The van der Waals surface area contributed by atoms with Gasteiger partial charge in [0.05, 0.1) is 17.4 Å². The molecule has 3 nitrogen and oxygen atoms in total. The van der Waals surface area contributed by atoms with Gasteiger partial charge in [0.1, 0.15) is 3.70 Å². The molecule has 0 fully saturated rings. The molecule has 0 aliphatic rings. The van der Waals surface area contributed by atoms with Crippen LogP contribution in [-0.2, 0) is 6.18 Å². The second-order valence-corrected chi connectivity index (χ2v) is 4.12. The normalized spacial score (nSPS) is 11.8. The lowest BCUT2D eigenvalue weighted by Crippen LogP contribution is -2.07. The van der Waals surface area contributed by atoms with E-state index in [1.54, 1.807) is 12.3 Å². The molecule has 7 heteroatoms. The molecule has 84 valence electrons. The highest BCUT2D eigenvalue weighted by atomic mass is 127. The van der Waals surface area contributed by atoms with Crippen LogP contribution >= 0.6 is 22.6 Å². The summed E-state index contributed by atoms with van der Waals surface area (Å²) >= 11 is 1.98. The molecule has 0 N–H and O–H groups in total. The molecule has 0 amide bonds. The first-order valence-electron chi connectivity index (χ1n) is 4.20. The number of aromatic nitrogens is 3. The van der Waals surface area contributed by atoms with Crippen molar-refractivity contribution >= 4 is 22.6 Å². The minimum atomic E-state index is -4.39. The Labute approximate surface area is 102 Å². The van der Waals surface area contributed by atoms with E-state index in [-0.39, 0.29) is 5.69 Å². The molecule has 0 saturated heterocycles. The van der Waals surface area contributed by atoms with Crippen LogP contribution in [-0.4, -0.2) is 14.8 Å². The second-order valence-electron chi connectivity index (χ2n) is 3.01. The second kappa shape index (κ2) is 4.04. The summed E-state index contributed by atoms with van der Waals surface area (Å²) in [7, 11) is 0. The van der Waals surface area contributed by atoms with E-state index < -0.39 is 11.7 Å². The zero-order chi connectivity index (χ0) is 11.8. The summed E-state index contributed by atoms with van der Waals surface area (Å²) < 4.78 is 39.3. The summed E-state index contributed by atoms with van der Waals surface area (Å²) in [5, 5.41) is 4.00. The van der Waals surface area contributed by atoms with Crippen molar-refractivity contribution in [3.63, 3.8) is 0 Å². The zero-order valence-corrected chi connectivity index (χ0v) is 9.90. The molecule has 0 bridgehead atoms. The standard InChI is InChI=1S/C9H5F3IN3/c10-9(11,12)6-3-7(5-14-4-6)16-2-1-8(13)15-16/h1-5H. The molecule has 0 atom stereocenters. The van der Waals surface area contributed by atoms with Gasteiger partial charge >= 0.3 is 6.18 Å². The highest BCUT2D eigenvalue weighted by Crippen LogP contribution is 2.29. The van der Waals surface area contributed by atoms with Crippen molar-refractivity contribution < 1.29 is 13.2 Å². The van der Waals surface area contributed by atoms with Crippen molar-refractivity contribution in [3.8, 4) is 5.69 Å². The summed E-state index contributed by atoms with van der Waals surface area (Å²) in [4.78, 5) is 3.55. The molecule has 0 aliphatic carbocycles. The van der Waals surface area contributed by atoms with Crippen LogP contribution in [0.2, 0.25) is 0 Å². The minimum absolute atomic E-state index is 0.290. The van der Waals surface area contributed by atoms with Crippen LogP contribution in [0.5, 0.6) is 0 Å². The lowest BCUT2D eigenvalue weighted by molar-refractivity contribution is -0.137. The van der Waals surface area contributed by atoms with Crippen LogP contribution in [0.1, 0.15) is 5.56 Å². The van der Waals surface area contributed by atoms with Crippen molar-refractivity contribution in [2.75, 3.05) is 0 Å². The summed E-state index contributed by atoms with van der Waals surface area (Å²) in [5.41, 5.74) is -0.492. The average Bonchev–Trinajstić information content (AvgIpc) is 2.64. The molecular weight excluding hydrogens is 334 g/mol. The van der Waals surface area contributed by atoms with Gasteiger partial charge in [-0.25, -0.2) is 4.68 Å². The third-order valence-corrected chi connectivity index (χ3v) is 2.45. The summed E-state index contributed by atoms with van der Waals surface area (Å²) in [5.74, 6) is 0. The number of rotatable bonds is 1. The summed E-state index contributed by atoms with van der Waals surface area (Å²) in [6.07, 6.45) is -0.682. The van der Waals surface area contributed by atoms with Gasteiger partial charge in [0.2, 0.25) is 0 Å². The number of alkyl halides is 3. The van der Waals surface area contributed by atoms with E-state index in [0.29, 0.717) is 3.70 Å². The number of halogens is 4. The maximum Gasteiger partial charge on any atom is 0.417 e. The van der Waals surface area contributed by atoms with Crippen molar-refractivity contribution in [3.05, 3.63) is 40.0 Å². The van der Waals surface area contributed by atoms with E-state index in [1.165, 1.54) is 10.9 Å². The van der Waals surface area contributed by atoms with E-state index in [0.717, 1.165) is 12.3 Å². The van der Waals surface area contributed by atoms with Crippen molar-refractivity contribution in [1.29, 1.82) is 0 Å². The van der Waals surface area contributed by atoms with Crippen LogP contribution < -0.4 is 0 Å². The van der Waals surface area contributed by atoms with Gasteiger partial charge in [-0.05, 0) is 34.7 Å². The molecule has 2 rings (SSSR count). The Balaban J connectivity index is 2.44. The fourth-order valence-electron chi connectivity index (χ4n) is 1.15. The van der Waals surface area contributed by atoms with Crippen LogP contribution in [0.3, 0.4) is 0 Å². The SMILES string of the molecule is FC(F)(F)c1cncc(-n2ccc(I)n2)c1. The average molecular weight is 339 g/mol. The number of hydrogen-bond acceptors (Lipinski definition) is 2. The largest absolute Gasteiger partial charge is 0.417 e. The van der Waals surface area contributed by atoms with Crippen LogP contribution in [0.4, 0.5) is 13.2 Å². The highest BCUT2D eigenvalue weighted by Gasteiger charge is 2.31. The van der Waals surface area contributed by atoms with Gasteiger partial charge in [0.15, 0.2) is 0 Å². The zero-order valence-electron chi connectivity index (χ0n) is 7.74. The molecule has 2 aromatic heterocycles.